The number of nitrogens with one attached hydrogen (secondary N) is 2. The number of nitrogens with zero attached hydrogens (tertiary/aromatic N) is 1. The van der Waals surface area contributed by atoms with Gasteiger partial charge >= 0.3 is 0 Å². The van der Waals surface area contributed by atoms with E-state index in [0.29, 0.717) is 6.04 Å². The number of hydrogen-bond donors (Lipinski definition) is 2. The SMILES string of the molecule is CN[C@H](CC1CN=CN1)C(C)=O. The summed E-state index contributed by atoms with van der Waals surface area (Å²) >= 11 is 0. The summed E-state index contributed by atoms with van der Waals surface area (Å²) in [6.07, 6.45) is 2.52. The van der Waals surface area contributed by atoms with Crippen molar-refractivity contribution >= 4 is 12.1 Å². The van der Waals surface area contributed by atoms with Crippen molar-refractivity contribution in [3.05, 3.63) is 0 Å². The summed E-state index contributed by atoms with van der Waals surface area (Å²) in [7, 11) is 1.81. The minimum Gasteiger partial charge on any atom is -0.372 e. The summed E-state index contributed by atoms with van der Waals surface area (Å²) in [4.78, 5) is 15.1. The molecule has 1 rings (SSSR count). The Hall–Kier alpha value is -0.900. The molecule has 4 nitrogen and oxygen atoms in total. The lowest BCUT2D eigenvalue weighted by molar-refractivity contribution is -0.119. The second-order valence-electron chi connectivity index (χ2n) is 3.05. The molecule has 0 saturated heterocycles. The molecule has 0 saturated carbocycles. The molecule has 12 heavy (non-hydrogen) atoms. The van der Waals surface area contributed by atoms with Crippen LogP contribution in [0.3, 0.4) is 0 Å². The smallest absolute Gasteiger partial charge is 0.146 e. The van der Waals surface area contributed by atoms with Crippen LogP contribution in [0, 0.1) is 0 Å². The number of aliphatic imine (C=N–C) groups is 1. The van der Waals surface area contributed by atoms with E-state index in [2.05, 4.69) is 15.6 Å². The van der Waals surface area contributed by atoms with Crippen molar-refractivity contribution in [3.8, 4) is 0 Å². The fourth-order valence-electron chi connectivity index (χ4n) is 1.30. The largest absolute Gasteiger partial charge is 0.372 e. The van der Waals surface area contributed by atoms with Crippen molar-refractivity contribution in [1.29, 1.82) is 0 Å². The first-order valence-corrected chi connectivity index (χ1v) is 4.16. The highest BCUT2D eigenvalue weighted by atomic mass is 16.1. The van der Waals surface area contributed by atoms with Gasteiger partial charge in [0.05, 0.1) is 18.9 Å². The van der Waals surface area contributed by atoms with E-state index in [1.807, 2.05) is 7.05 Å². The van der Waals surface area contributed by atoms with Crippen molar-refractivity contribution in [1.82, 2.24) is 10.6 Å². The van der Waals surface area contributed by atoms with Gasteiger partial charge in [-0.2, -0.15) is 0 Å². The topological polar surface area (TPSA) is 53.5 Å². The summed E-state index contributed by atoms with van der Waals surface area (Å²) < 4.78 is 0. The molecule has 0 aromatic heterocycles. The number of carbonyl (C=O) groups is 1. The van der Waals surface area contributed by atoms with Crippen LogP contribution in [0.2, 0.25) is 0 Å². The summed E-state index contributed by atoms with van der Waals surface area (Å²) in [6, 6.07) is 0.288. The first-order valence-electron chi connectivity index (χ1n) is 4.16. The average molecular weight is 169 g/mol. The Balaban J connectivity index is 2.32. The third-order valence-corrected chi connectivity index (χ3v) is 2.09. The summed E-state index contributed by atoms with van der Waals surface area (Å²) in [5.74, 6) is 0.186. The molecule has 0 aromatic carbocycles. The molecule has 0 amide bonds. The second-order valence-corrected chi connectivity index (χ2v) is 3.05. The predicted molar refractivity (Wildman–Crippen MR) is 48.4 cm³/mol. The molecular formula is C8H15N3O. The van der Waals surface area contributed by atoms with Gasteiger partial charge in [-0.25, -0.2) is 0 Å². The van der Waals surface area contributed by atoms with Gasteiger partial charge in [-0.05, 0) is 20.4 Å². The third-order valence-electron chi connectivity index (χ3n) is 2.09. The highest BCUT2D eigenvalue weighted by molar-refractivity contribution is 5.81. The molecule has 1 aliphatic rings. The number of likely N-dealkylation sites (N-methyl/N-ethyl adjacent to an activating group) is 1. The molecule has 0 radical (unpaired) electrons. The Morgan fingerprint density at radius 1 is 1.92 bits per heavy atom. The van der Waals surface area contributed by atoms with Gasteiger partial charge in [-0.1, -0.05) is 0 Å². The fraction of sp³-hybridized carbons (Fsp3) is 0.750. The van der Waals surface area contributed by atoms with E-state index in [4.69, 9.17) is 0 Å². The second kappa shape index (κ2) is 4.21. The lowest BCUT2D eigenvalue weighted by Gasteiger charge is -2.16. The molecule has 0 bridgehead atoms. The zero-order valence-corrected chi connectivity index (χ0v) is 7.50. The van der Waals surface area contributed by atoms with Crippen molar-refractivity contribution in [3.63, 3.8) is 0 Å². The lowest BCUT2D eigenvalue weighted by atomic mass is 10.0. The molecular weight excluding hydrogens is 154 g/mol. The molecule has 0 aliphatic carbocycles. The van der Waals surface area contributed by atoms with E-state index in [9.17, 15) is 4.79 Å². The summed E-state index contributed by atoms with van der Waals surface area (Å²) in [6.45, 7) is 2.39. The number of ketones is 1. The lowest BCUT2D eigenvalue weighted by Crippen LogP contribution is -2.39. The molecule has 4 heteroatoms. The molecule has 1 aliphatic heterocycles. The molecule has 1 heterocycles. The van der Waals surface area contributed by atoms with Crippen LogP contribution in [0.4, 0.5) is 0 Å². The number of carbonyl (C=O) groups excluding carboxylic acids is 1. The zero-order chi connectivity index (χ0) is 8.97. The van der Waals surface area contributed by atoms with Crippen LogP contribution in [0.15, 0.2) is 4.99 Å². The maximum atomic E-state index is 11.0. The highest BCUT2D eigenvalue weighted by Crippen LogP contribution is 2.02. The minimum atomic E-state index is -0.0378. The molecule has 68 valence electrons. The Bertz CT molecular complexity index is 183. The molecule has 0 fully saturated rings. The Kier molecular flexibility index (Phi) is 3.22. The number of hydrogen-bond acceptors (Lipinski definition) is 4. The van der Waals surface area contributed by atoms with Gasteiger partial charge in [0.1, 0.15) is 5.78 Å². The maximum absolute atomic E-state index is 11.0. The molecule has 0 aromatic rings. The average Bonchev–Trinajstić information content (AvgIpc) is 2.51. The van der Waals surface area contributed by atoms with Gasteiger partial charge in [0.25, 0.3) is 0 Å². The normalized spacial score (nSPS) is 23.7. The zero-order valence-electron chi connectivity index (χ0n) is 7.50. The van der Waals surface area contributed by atoms with E-state index >= 15 is 0 Å². The van der Waals surface area contributed by atoms with Gasteiger partial charge in [0.2, 0.25) is 0 Å². The predicted octanol–water partition coefficient (Wildman–Crippen LogP) is -0.446. The quantitative estimate of drug-likeness (QED) is 0.599. The number of rotatable bonds is 4. The van der Waals surface area contributed by atoms with Gasteiger partial charge in [0.15, 0.2) is 0 Å². The van der Waals surface area contributed by atoms with Crippen LogP contribution in [0.25, 0.3) is 0 Å². The van der Waals surface area contributed by atoms with Crippen LogP contribution in [-0.2, 0) is 4.79 Å². The van der Waals surface area contributed by atoms with E-state index < -0.39 is 0 Å². The number of Topliss-reactive ketones (excluding diaryl/α,β-unsaturated/α-hetero) is 1. The first-order chi connectivity index (χ1) is 5.74. The molecule has 0 spiro atoms. The Morgan fingerprint density at radius 3 is 3.08 bits per heavy atom. The van der Waals surface area contributed by atoms with E-state index in [1.54, 1.807) is 13.3 Å². The van der Waals surface area contributed by atoms with Crippen LogP contribution >= 0.6 is 0 Å². The Morgan fingerprint density at radius 2 is 2.67 bits per heavy atom. The standard InChI is InChI=1S/C8H15N3O/c1-6(12)8(9-2)3-7-4-10-5-11-7/h5,7-9H,3-4H2,1-2H3,(H,10,11)/t7?,8-/m1/s1. The maximum Gasteiger partial charge on any atom is 0.146 e. The van der Waals surface area contributed by atoms with Gasteiger partial charge in [0, 0.05) is 6.04 Å². The van der Waals surface area contributed by atoms with Crippen LogP contribution in [0.5, 0.6) is 0 Å². The molecule has 2 N–H and O–H groups in total. The first kappa shape index (κ1) is 9.19. The third kappa shape index (κ3) is 2.30. The van der Waals surface area contributed by atoms with Crippen LogP contribution in [-0.4, -0.2) is 37.8 Å². The van der Waals surface area contributed by atoms with Crippen molar-refractivity contribution < 1.29 is 4.79 Å². The summed E-state index contributed by atoms with van der Waals surface area (Å²) in [5.41, 5.74) is 0. The van der Waals surface area contributed by atoms with Gasteiger partial charge in [-0.15, -0.1) is 0 Å². The Labute approximate surface area is 72.4 Å². The minimum absolute atomic E-state index is 0.0378. The van der Waals surface area contributed by atoms with Crippen molar-refractivity contribution in [2.24, 2.45) is 4.99 Å². The fourth-order valence-corrected chi connectivity index (χ4v) is 1.30. The van der Waals surface area contributed by atoms with E-state index in [0.717, 1.165) is 13.0 Å². The van der Waals surface area contributed by atoms with Gasteiger partial charge in [-0.3, -0.25) is 9.79 Å². The monoisotopic (exact) mass is 169 g/mol. The molecule has 1 unspecified atom stereocenters. The van der Waals surface area contributed by atoms with E-state index in [-0.39, 0.29) is 11.8 Å². The molecule has 2 atom stereocenters. The van der Waals surface area contributed by atoms with E-state index in [1.165, 1.54) is 0 Å². The van der Waals surface area contributed by atoms with Gasteiger partial charge < -0.3 is 10.6 Å². The highest BCUT2D eigenvalue weighted by Gasteiger charge is 2.19. The van der Waals surface area contributed by atoms with Crippen molar-refractivity contribution in [2.75, 3.05) is 13.6 Å². The summed E-state index contributed by atoms with van der Waals surface area (Å²) in [5, 5.41) is 6.08. The van der Waals surface area contributed by atoms with Crippen molar-refractivity contribution in [2.45, 2.75) is 25.4 Å². The van der Waals surface area contributed by atoms with Crippen LogP contribution < -0.4 is 10.6 Å². The van der Waals surface area contributed by atoms with Crippen LogP contribution in [0.1, 0.15) is 13.3 Å².